The molecule has 0 bridgehead atoms. The fourth-order valence-electron chi connectivity index (χ4n) is 4.14. The molecule has 220 valence electrons. The summed E-state index contributed by atoms with van der Waals surface area (Å²) in [6.45, 7) is 10.1. The maximum atomic E-state index is 14.1. The summed E-state index contributed by atoms with van der Waals surface area (Å²) in [6.07, 6.45) is 0. The highest BCUT2D eigenvalue weighted by molar-refractivity contribution is 7.92. The van der Waals surface area contributed by atoms with Crippen LogP contribution in [0.15, 0.2) is 65.6 Å². The number of anilines is 1. The lowest BCUT2D eigenvalue weighted by Gasteiger charge is -2.34. The van der Waals surface area contributed by atoms with Gasteiger partial charge >= 0.3 is 0 Å². The summed E-state index contributed by atoms with van der Waals surface area (Å²) in [5, 5.41) is 3.97. The maximum Gasteiger partial charge on any atom is 0.264 e. The molecule has 0 fully saturated rings. The monoisotopic (exact) mass is 637 g/mol. The van der Waals surface area contributed by atoms with E-state index in [1.165, 1.54) is 17.0 Å². The van der Waals surface area contributed by atoms with E-state index in [1.807, 2.05) is 27.7 Å². The molecule has 7 nitrogen and oxygen atoms in total. The Bertz CT molecular complexity index is 1540. The highest BCUT2D eigenvalue weighted by Crippen LogP contribution is 2.30. The fourth-order valence-corrected chi connectivity index (χ4v) is 6.17. The van der Waals surface area contributed by atoms with Gasteiger partial charge in [-0.05, 0) is 95.1 Å². The van der Waals surface area contributed by atoms with Crippen LogP contribution in [-0.4, -0.2) is 43.3 Å². The van der Waals surface area contributed by atoms with Crippen LogP contribution in [-0.2, 0) is 26.2 Å². The Morgan fingerprint density at radius 2 is 1.54 bits per heavy atom. The number of hydrogen-bond acceptors (Lipinski definition) is 4. The standard InChI is InChI=1S/C30H34Cl3N3O4S/c1-19-7-11-24(12-8-19)41(39,40)36(27-14-10-23(31)15-20(27)2)18-28(37)35(21(3)29(38)34-30(4,5)6)17-22-9-13-25(32)26(33)16-22/h7-16,21H,17-18H2,1-6H3,(H,34,38)/t21-/m0/s1. The first-order chi connectivity index (χ1) is 19.0. The van der Waals surface area contributed by atoms with E-state index in [1.54, 1.807) is 62.4 Å². The minimum Gasteiger partial charge on any atom is -0.350 e. The van der Waals surface area contributed by atoms with Crippen LogP contribution in [0.2, 0.25) is 15.1 Å². The molecule has 1 atom stereocenters. The van der Waals surface area contributed by atoms with Crippen LogP contribution in [0.1, 0.15) is 44.4 Å². The van der Waals surface area contributed by atoms with Crippen molar-refractivity contribution in [3.8, 4) is 0 Å². The van der Waals surface area contributed by atoms with Gasteiger partial charge in [0.1, 0.15) is 12.6 Å². The molecular weight excluding hydrogens is 605 g/mol. The molecule has 0 saturated carbocycles. The summed E-state index contributed by atoms with van der Waals surface area (Å²) in [7, 11) is -4.19. The van der Waals surface area contributed by atoms with Gasteiger partial charge in [0.05, 0.1) is 20.6 Å². The minimum atomic E-state index is -4.19. The molecule has 0 unspecified atom stereocenters. The number of aryl methyl sites for hydroxylation is 2. The number of benzene rings is 3. The normalized spacial score (nSPS) is 12.5. The molecule has 3 rings (SSSR count). The third-order valence-electron chi connectivity index (χ3n) is 6.32. The van der Waals surface area contributed by atoms with Gasteiger partial charge in [-0.15, -0.1) is 0 Å². The zero-order chi connectivity index (χ0) is 30.7. The molecule has 0 aliphatic heterocycles. The van der Waals surface area contributed by atoms with Crippen LogP contribution in [0.25, 0.3) is 0 Å². The van der Waals surface area contributed by atoms with E-state index in [4.69, 9.17) is 34.8 Å². The highest BCUT2D eigenvalue weighted by Gasteiger charge is 2.34. The van der Waals surface area contributed by atoms with Gasteiger partial charge < -0.3 is 10.2 Å². The van der Waals surface area contributed by atoms with Crippen molar-refractivity contribution >= 4 is 62.3 Å². The fraction of sp³-hybridized carbons (Fsp3) is 0.333. The molecule has 3 aromatic rings. The van der Waals surface area contributed by atoms with Crippen LogP contribution in [0, 0.1) is 13.8 Å². The lowest BCUT2D eigenvalue weighted by molar-refractivity contribution is -0.140. The number of amides is 2. The number of nitrogens with one attached hydrogen (secondary N) is 1. The number of hydrogen-bond donors (Lipinski definition) is 1. The summed E-state index contributed by atoms with van der Waals surface area (Å²) in [6, 6.07) is 15.1. The maximum absolute atomic E-state index is 14.1. The summed E-state index contributed by atoms with van der Waals surface area (Å²) in [5.74, 6) is -0.973. The van der Waals surface area contributed by atoms with E-state index in [9.17, 15) is 18.0 Å². The smallest absolute Gasteiger partial charge is 0.264 e. The Labute approximate surface area is 257 Å². The van der Waals surface area contributed by atoms with Gasteiger partial charge in [0.25, 0.3) is 10.0 Å². The molecule has 0 aliphatic carbocycles. The third-order valence-corrected chi connectivity index (χ3v) is 9.07. The van der Waals surface area contributed by atoms with Crippen molar-refractivity contribution < 1.29 is 18.0 Å². The topological polar surface area (TPSA) is 86.8 Å². The van der Waals surface area contributed by atoms with E-state index >= 15 is 0 Å². The van der Waals surface area contributed by atoms with Gasteiger partial charge in [-0.1, -0.05) is 58.6 Å². The molecule has 0 radical (unpaired) electrons. The van der Waals surface area contributed by atoms with Crippen molar-refractivity contribution in [2.45, 2.75) is 64.6 Å². The number of halogens is 3. The van der Waals surface area contributed by atoms with Gasteiger partial charge in [-0.3, -0.25) is 13.9 Å². The number of nitrogens with zero attached hydrogens (tertiary/aromatic N) is 2. The largest absolute Gasteiger partial charge is 0.350 e. The summed E-state index contributed by atoms with van der Waals surface area (Å²) in [5.41, 5.74) is 1.82. The Morgan fingerprint density at radius 1 is 0.902 bits per heavy atom. The molecule has 0 aromatic heterocycles. The molecule has 1 N–H and O–H groups in total. The number of sulfonamides is 1. The van der Waals surface area contributed by atoms with Gasteiger partial charge in [-0.2, -0.15) is 0 Å². The van der Waals surface area contributed by atoms with Gasteiger partial charge in [-0.25, -0.2) is 8.42 Å². The third kappa shape index (κ3) is 8.38. The summed E-state index contributed by atoms with van der Waals surface area (Å²) in [4.78, 5) is 28.6. The number of carbonyl (C=O) groups is 2. The summed E-state index contributed by atoms with van der Waals surface area (Å²) >= 11 is 18.5. The zero-order valence-electron chi connectivity index (χ0n) is 23.8. The lowest BCUT2D eigenvalue weighted by Crippen LogP contribution is -2.54. The quantitative estimate of drug-likeness (QED) is 0.280. The first-order valence-electron chi connectivity index (χ1n) is 12.9. The second-order valence-electron chi connectivity index (χ2n) is 10.9. The molecule has 0 spiro atoms. The average Bonchev–Trinajstić information content (AvgIpc) is 2.87. The van der Waals surface area contributed by atoms with Crippen LogP contribution in [0.3, 0.4) is 0 Å². The van der Waals surface area contributed by atoms with Crippen LogP contribution in [0.4, 0.5) is 5.69 Å². The minimum absolute atomic E-state index is 0.00747. The Balaban J connectivity index is 2.09. The van der Waals surface area contributed by atoms with E-state index < -0.39 is 34.1 Å². The lowest BCUT2D eigenvalue weighted by atomic mass is 10.1. The van der Waals surface area contributed by atoms with E-state index in [-0.39, 0.29) is 17.3 Å². The number of rotatable bonds is 9. The van der Waals surface area contributed by atoms with Gasteiger partial charge in [0.2, 0.25) is 11.8 Å². The molecule has 2 amide bonds. The first kappa shape index (κ1) is 32.7. The molecule has 0 saturated heterocycles. The average molecular weight is 639 g/mol. The highest BCUT2D eigenvalue weighted by atomic mass is 35.5. The zero-order valence-corrected chi connectivity index (χ0v) is 26.9. The van der Waals surface area contributed by atoms with Crippen molar-refractivity contribution in [1.29, 1.82) is 0 Å². The Kier molecular flexibility index (Phi) is 10.4. The van der Waals surface area contributed by atoms with Gasteiger partial charge in [0, 0.05) is 17.1 Å². The molecular formula is C30H34Cl3N3O4S. The molecule has 3 aromatic carbocycles. The predicted octanol–water partition coefficient (Wildman–Crippen LogP) is 6.79. The van der Waals surface area contributed by atoms with Crippen molar-refractivity contribution in [2.75, 3.05) is 10.8 Å². The predicted molar refractivity (Wildman–Crippen MR) is 166 cm³/mol. The Morgan fingerprint density at radius 3 is 2.10 bits per heavy atom. The molecule has 0 aliphatic rings. The van der Waals surface area contributed by atoms with E-state index in [0.29, 0.717) is 31.9 Å². The molecule has 0 heterocycles. The van der Waals surface area contributed by atoms with Gasteiger partial charge in [0.15, 0.2) is 0 Å². The summed E-state index contributed by atoms with van der Waals surface area (Å²) < 4.78 is 29.0. The van der Waals surface area contributed by atoms with E-state index in [0.717, 1.165) is 9.87 Å². The molecule has 41 heavy (non-hydrogen) atoms. The number of carbonyl (C=O) groups excluding carboxylic acids is 2. The van der Waals surface area contributed by atoms with Crippen LogP contribution < -0.4 is 9.62 Å². The van der Waals surface area contributed by atoms with E-state index in [2.05, 4.69) is 5.32 Å². The Hall–Kier alpha value is -2.78. The second-order valence-corrected chi connectivity index (χ2v) is 14.1. The van der Waals surface area contributed by atoms with Crippen molar-refractivity contribution in [3.05, 3.63) is 92.4 Å². The van der Waals surface area contributed by atoms with Crippen LogP contribution >= 0.6 is 34.8 Å². The SMILES string of the molecule is Cc1ccc(S(=O)(=O)N(CC(=O)N(Cc2ccc(Cl)c(Cl)c2)[C@@H](C)C(=O)NC(C)(C)C)c2ccc(Cl)cc2C)cc1. The second kappa shape index (κ2) is 13.0. The molecule has 11 heteroatoms. The van der Waals surface area contributed by atoms with Crippen LogP contribution in [0.5, 0.6) is 0 Å². The van der Waals surface area contributed by atoms with Crippen molar-refractivity contribution in [2.24, 2.45) is 0 Å². The first-order valence-corrected chi connectivity index (χ1v) is 15.5. The van der Waals surface area contributed by atoms with Crippen molar-refractivity contribution in [1.82, 2.24) is 10.2 Å². The van der Waals surface area contributed by atoms with Crippen molar-refractivity contribution in [3.63, 3.8) is 0 Å².